The molecule has 0 saturated carbocycles. The lowest BCUT2D eigenvalue weighted by molar-refractivity contribution is -0.111. The summed E-state index contributed by atoms with van der Waals surface area (Å²) >= 11 is 0. The second-order valence-electron chi connectivity index (χ2n) is 6.24. The molecule has 0 heterocycles. The Balaban J connectivity index is 1.58. The van der Waals surface area contributed by atoms with Crippen molar-refractivity contribution in [1.29, 1.82) is 0 Å². The maximum absolute atomic E-state index is 12.1. The highest BCUT2D eigenvalue weighted by Gasteiger charge is 2.07. The summed E-state index contributed by atoms with van der Waals surface area (Å²) in [4.78, 5) is 12.1. The number of amides is 1. The van der Waals surface area contributed by atoms with Gasteiger partial charge in [-0.05, 0) is 53.6 Å². The number of rotatable bonds is 7. The van der Waals surface area contributed by atoms with Crippen LogP contribution in [0.3, 0.4) is 0 Å². The van der Waals surface area contributed by atoms with E-state index in [1.807, 2.05) is 54.6 Å². The molecule has 3 aromatic carbocycles. The Morgan fingerprint density at radius 1 is 0.966 bits per heavy atom. The average Bonchev–Trinajstić information content (AvgIpc) is 2.72. The number of nitrogens with one attached hydrogen (secondary N) is 1. The lowest BCUT2D eigenvalue weighted by Gasteiger charge is -2.07. The zero-order valence-electron chi connectivity index (χ0n) is 15.5. The summed E-state index contributed by atoms with van der Waals surface area (Å²) < 4.78 is 28.3. The Morgan fingerprint density at radius 3 is 2.38 bits per heavy atom. The third-order valence-electron chi connectivity index (χ3n) is 3.98. The predicted octanol–water partition coefficient (Wildman–Crippen LogP) is 3.56. The van der Waals surface area contributed by atoms with E-state index in [1.165, 1.54) is 30.3 Å². The highest BCUT2D eigenvalue weighted by Crippen LogP contribution is 2.17. The molecular weight excluding hydrogens is 388 g/mol. The molecule has 0 unspecified atom stereocenters. The van der Waals surface area contributed by atoms with Gasteiger partial charge in [0.2, 0.25) is 15.9 Å². The van der Waals surface area contributed by atoms with E-state index < -0.39 is 10.0 Å². The maximum atomic E-state index is 12.1. The molecule has 3 N–H and O–H groups in total. The molecule has 3 aromatic rings. The molecule has 0 aliphatic rings. The monoisotopic (exact) mass is 408 g/mol. The minimum absolute atomic E-state index is 0.0154. The zero-order chi connectivity index (χ0) is 20.7. The van der Waals surface area contributed by atoms with Gasteiger partial charge in [-0.25, -0.2) is 13.6 Å². The summed E-state index contributed by atoms with van der Waals surface area (Å²) in [5, 5.41) is 7.71. The molecule has 1 amide bonds. The molecule has 0 bridgehead atoms. The van der Waals surface area contributed by atoms with Crippen molar-refractivity contribution >= 4 is 27.7 Å². The van der Waals surface area contributed by atoms with E-state index in [-0.39, 0.29) is 10.8 Å². The summed E-state index contributed by atoms with van der Waals surface area (Å²) in [6.07, 6.45) is 3.06. The maximum Gasteiger partial charge on any atom is 0.248 e. The molecule has 0 atom stereocenters. The highest BCUT2D eigenvalue weighted by atomic mass is 32.2. The van der Waals surface area contributed by atoms with Crippen LogP contribution in [0.5, 0.6) is 5.75 Å². The van der Waals surface area contributed by atoms with Gasteiger partial charge in [-0.2, -0.15) is 0 Å². The van der Waals surface area contributed by atoms with Crippen LogP contribution < -0.4 is 15.2 Å². The number of nitrogens with two attached hydrogens (primary N) is 1. The quantitative estimate of drug-likeness (QED) is 0.584. The molecule has 0 aliphatic heterocycles. The van der Waals surface area contributed by atoms with Crippen molar-refractivity contribution in [3.63, 3.8) is 0 Å². The van der Waals surface area contributed by atoms with E-state index >= 15 is 0 Å². The van der Waals surface area contributed by atoms with Gasteiger partial charge in [-0.1, -0.05) is 42.5 Å². The number of carbonyl (C=O) groups is 1. The molecule has 148 valence electrons. The van der Waals surface area contributed by atoms with Crippen LogP contribution >= 0.6 is 0 Å². The van der Waals surface area contributed by atoms with Gasteiger partial charge in [-0.3, -0.25) is 4.79 Å². The molecule has 7 heteroatoms. The molecule has 0 radical (unpaired) electrons. The van der Waals surface area contributed by atoms with Gasteiger partial charge in [0.25, 0.3) is 0 Å². The smallest absolute Gasteiger partial charge is 0.248 e. The van der Waals surface area contributed by atoms with Crippen LogP contribution in [-0.2, 0) is 21.4 Å². The Labute approximate surface area is 169 Å². The fourth-order valence-corrected chi connectivity index (χ4v) is 3.05. The van der Waals surface area contributed by atoms with Crippen molar-refractivity contribution < 1.29 is 17.9 Å². The average molecular weight is 408 g/mol. The van der Waals surface area contributed by atoms with Crippen molar-refractivity contribution in [3.8, 4) is 5.75 Å². The Kier molecular flexibility index (Phi) is 6.43. The lowest BCUT2D eigenvalue weighted by Crippen LogP contribution is -2.12. The number of sulfonamides is 1. The summed E-state index contributed by atoms with van der Waals surface area (Å²) in [5.74, 6) is 0.360. The first-order chi connectivity index (χ1) is 13.9. The minimum Gasteiger partial charge on any atom is -0.489 e. The van der Waals surface area contributed by atoms with Crippen LogP contribution in [0.1, 0.15) is 11.1 Å². The van der Waals surface area contributed by atoms with E-state index in [2.05, 4.69) is 5.32 Å². The Morgan fingerprint density at radius 2 is 1.69 bits per heavy atom. The van der Waals surface area contributed by atoms with E-state index in [0.29, 0.717) is 18.0 Å². The van der Waals surface area contributed by atoms with Crippen LogP contribution in [0.15, 0.2) is 89.8 Å². The van der Waals surface area contributed by atoms with Gasteiger partial charge in [-0.15, -0.1) is 0 Å². The fourth-order valence-electron chi connectivity index (χ4n) is 2.53. The lowest BCUT2D eigenvalue weighted by atomic mass is 10.2. The van der Waals surface area contributed by atoms with Crippen molar-refractivity contribution in [3.05, 3.63) is 96.1 Å². The second kappa shape index (κ2) is 9.18. The first-order valence-electron chi connectivity index (χ1n) is 8.79. The molecule has 0 fully saturated rings. The number of hydrogen-bond acceptors (Lipinski definition) is 4. The molecule has 0 aliphatic carbocycles. The van der Waals surface area contributed by atoms with Gasteiger partial charge >= 0.3 is 0 Å². The first kappa shape index (κ1) is 20.3. The molecule has 3 rings (SSSR count). The molecule has 0 spiro atoms. The number of anilines is 1. The number of carbonyl (C=O) groups excluding carboxylic acids is 1. The second-order valence-corrected chi connectivity index (χ2v) is 7.80. The number of hydrogen-bond donors (Lipinski definition) is 2. The summed E-state index contributed by atoms with van der Waals surface area (Å²) in [6, 6.07) is 22.9. The number of ether oxygens (including phenoxy) is 1. The van der Waals surface area contributed by atoms with Gasteiger partial charge < -0.3 is 10.1 Å². The third kappa shape index (κ3) is 6.31. The summed E-state index contributed by atoms with van der Waals surface area (Å²) in [5.41, 5.74) is 2.35. The molecule has 0 saturated heterocycles. The van der Waals surface area contributed by atoms with Crippen LogP contribution in [0.2, 0.25) is 0 Å². The van der Waals surface area contributed by atoms with Crippen LogP contribution in [0.4, 0.5) is 5.69 Å². The molecular formula is C22H20N2O4S. The van der Waals surface area contributed by atoms with Gasteiger partial charge in [0.05, 0.1) is 4.90 Å². The number of primary sulfonamides is 1. The Bertz CT molecular complexity index is 1110. The van der Waals surface area contributed by atoms with Crippen LogP contribution in [0, 0.1) is 0 Å². The van der Waals surface area contributed by atoms with Crippen molar-refractivity contribution in [2.75, 3.05) is 5.32 Å². The van der Waals surface area contributed by atoms with E-state index in [1.54, 1.807) is 6.08 Å². The van der Waals surface area contributed by atoms with E-state index in [4.69, 9.17) is 9.88 Å². The normalized spacial score (nSPS) is 11.3. The first-order valence-corrected chi connectivity index (χ1v) is 10.3. The summed E-state index contributed by atoms with van der Waals surface area (Å²) in [6.45, 7) is 0.461. The standard InChI is InChI=1S/C22H20N2O4S/c23-29(26,27)21-12-10-19(11-13-21)24-22(25)14-9-17-7-4-8-20(15-17)28-16-18-5-2-1-3-6-18/h1-15H,16H2,(H,24,25)(H2,23,26,27)/b14-9+. The SMILES string of the molecule is NS(=O)(=O)c1ccc(NC(=O)/C=C/c2cccc(OCc3ccccc3)c2)cc1. The number of benzene rings is 3. The van der Waals surface area contributed by atoms with Crippen molar-refractivity contribution in [2.45, 2.75) is 11.5 Å². The van der Waals surface area contributed by atoms with Gasteiger partial charge in [0.1, 0.15) is 12.4 Å². The van der Waals surface area contributed by atoms with Gasteiger partial charge in [0, 0.05) is 11.8 Å². The highest BCUT2D eigenvalue weighted by molar-refractivity contribution is 7.89. The fraction of sp³-hybridized carbons (Fsp3) is 0.0455. The predicted molar refractivity (Wildman–Crippen MR) is 113 cm³/mol. The largest absolute Gasteiger partial charge is 0.489 e. The van der Waals surface area contributed by atoms with Crippen molar-refractivity contribution in [1.82, 2.24) is 0 Å². The van der Waals surface area contributed by atoms with Crippen LogP contribution in [0.25, 0.3) is 6.08 Å². The Hall–Kier alpha value is -3.42. The van der Waals surface area contributed by atoms with E-state index in [0.717, 1.165) is 11.1 Å². The van der Waals surface area contributed by atoms with E-state index in [9.17, 15) is 13.2 Å². The third-order valence-corrected chi connectivity index (χ3v) is 4.91. The van der Waals surface area contributed by atoms with Gasteiger partial charge in [0.15, 0.2) is 0 Å². The zero-order valence-corrected chi connectivity index (χ0v) is 16.3. The van der Waals surface area contributed by atoms with Crippen LogP contribution in [-0.4, -0.2) is 14.3 Å². The molecule has 29 heavy (non-hydrogen) atoms. The molecule has 6 nitrogen and oxygen atoms in total. The van der Waals surface area contributed by atoms with Crippen molar-refractivity contribution in [2.24, 2.45) is 5.14 Å². The summed E-state index contributed by atoms with van der Waals surface area (Å²) in [7, 11) is -3.76. The minimum atomic E-state index is -3.76. The topological polar surface area (TPSA) is 98.5 Å². The molecule has 0 aromatic heterocycles.